The highest BCUT2D eigenvalue weighted by Crippen LogP contribution is 2.13. The first-order chi connectivity index (χ1) is 16.3. The maximum atomic E-state index is 12.7. The van der Waals surface area contributed by atoms with Gasteiger partial charge in [0.2, 0.25) is 5.91 Å². The summed E-state index contributed by atoms with van der Waals surface area (Å²) in [7, 11) is 1.56. The molecule has 0 radical (unpaired) electrons. The molecule has 3 rings (SSSR count). The number of hydrogen-bond donors (Lipinski definition) is 3. The molecule has 10 nitrogen and oxygen atoms in total. The van der Waals surface area contributed by atoms with E-state index in [1.54, 1.807) is 68.6 Å². The molecule has 3 N–H and O–H groups in total. The number of methoxy groups -OCH3 is 1. The van der Waals surface area contributed by atoms with Crippen LogP contribution in [-0.4, -0.2) is 40.7 Å². The summed E-state index contributed by atoms with van der Waals surface area (Å²) in [6.45, 7) is 3.50. The predicted molar refractivity (Wildman–Crippen MR) is 127 cm³/mol. The summed E-state index contributed by atoms with van der Waals surface area (Å²) in [5.41, 5.74) is 5.03. The predicted octanol–water partition coefficient (Wildman–Crippen LogP) is 1.40. The minimum atomic E-state index is -0.928. The number of carbonyl (C=O) groups is 3. The van der Waals surface area contributed by atoms with Crippen LogP contribution in [0.3, 0.4) is 0 Å². The molecule has 3 aromatic rings. The monoisotopic (exact) mass is 463 g/mol. The van der Waals surface area contributed by atoms with E-state index in [-0.39, 0.29) is 17.8 Å². The number of amides is 3. The fraction of sp³-hybridized carbons (Fsp3) is 0.208. The highest BCUT2D eigenvalue weighted by Gasteiger charge is 2.19. The van der Waals surface area contributed by atoms with E-state index in [9.17, 15) is 19.2 Å². The number of nitrogens with zero attached hydrogens (tertiary/aromatic N) is 2. The molecule has 10 heteroatoms. The number of aryl methyl sites for hydroxylation is 1. The van der Waals surface area contributed by atoms with Gasteiger partial charge in [0.15, 0.2) is 5.69 Å². The molecular weight excluding hydrogens is 438 g/mol. The third-order valence-corrected chi connectivity index (χ3v) is 4.98. The summed E-state index contributed by atoms with van der Waals surface area (Å²) in [6, 6.07) is 12.8. The number of ether oxygens (including phenoxy) is 1. The average molecular weight is 463 g/mol. The summed E-state index contributed by atoms with van der Waals surface area (Å²) in [4.78, 5) is 49.6. The molecule has 1 aromatic heterocycles. The minimum absolute atomic E-state index is 0.00327. The molecule has 3 amide bonds. The topological polar surface area (TPSA) is 131 Å². The number of carbonyl (C=O) groups excluding carboxylic acids is 3. The van der Waals surface area contributed by atoms with Crippen molar-refractivity contribution in [2.75, 3.05) is 7.11 Å². The zero-order valence-corrected chi connectivity index (χ0v) is 19.0. The van der Waals surface area contributed by atoms with E-state index in [1.165, 1.54) is 17.7 Å². The highest BCUT2D eigenvalue weighted by molar-refractivity contribution is 6.05. The maximum absolute atomic E-state index is 12.7. The Balaban J connectivity index is 1.60. The number of aromatic nitrogens is 2. The fourth-order valence-electron chi connectivity index (χ4n) is 3.12. The lowest BCUT2D eigenvalue weighted by Crippen LogP contribution is -2.51. The van der Waals surface area contributed by atoms with Gasteiger partial charge in [-0.05, 0) is 43.7 Å². The third-order valence-electron chi connectivity index (χ3n) is 4.98. The number of rotatable bonds is 7. The van der Waals surface area contributed by atoms with Gasteiger partial charge in [-0.15, -0.1) is 0 Å². The Morgan fingerprint density at radius 2 is 1.74 bits per heavy atom. The second-order valence-electron chi connectivity index (χ2n) is 7.30. The summed E-state index contributed by atoms with van der Waals surface area (Å²) < 4.78 is 6.26. The van der Waals surface area contributed by atoms with E-state index in [1.807, 2.05) is 0 Å². The second-order valence-corrected chi connectivity index (χ2v) is 7.30. The molecule has 0 bridgehead atoms. The van der Waals surface area contributed by atoms with E-state index >= 15 is 0 Å². The van der Waals surface area contributed by atoms with Crippen LogP contribution in [0, 0.1) is 0 Å². The van der Waals surface area contributed by atoms with Gasteiger partial charge >= 0.3 is 0 Å². The van der Waals surface area contributed by atoms with Crippen molar-refractivity contribution in [3.63, 3.8) is 0 Å². The highest BCUT2D eigenvalue weighted by atomic mass is 16.5. The fourth-order valence-corrected chi connectivity index (χ4v) is 3.12. The number of benzene rings is 2. The first-order valence-corrected chi connectivity index (χ1v) is 10.6. The second kappa shape index (κ2) is 10.9. The number of hydrogen-bond acceptors (Lipinski definition) is 6. The smallest absolute Gasteiger partial charge is 0.290 e. The van der Waals surface area contributed by atoms with Crippen molar-refractivity contribution in [1.29, 1.82) is 0 Å². The van der Waals surface area contributed by atoms with E-state index in [4.69, 9.17) is 4.74 Å². The van der Waals surface area contributed by atoms with Crippen molar-refractivity contribution < 1.29 is 19.1 Å². The van der Waals surface area contributed by atoms with E-state index < -0.39 is 23.8 Å². The number of fused-ring (bicyclic) bond motifs is 1. The Morgan fingerprint density at radius 3 is 2.38 bits per heavy atom. The standard InChI is InChI=1S/C24H25N5O5/c1-4-29-24(33)19-8-6-5-7-18(19)21(28-29)23(32)27-26-22(31)15(2)25-20(30)14-11-16-9-12-17(34-3)13-10-16/h5-15H,4H2,1-3H3,(H,25,30)(H,26,31)(H,27,32)/b14-11+. The molecule has 0 fully saturated rings. The summed E-state index contributed by atoms with van der Waals surface area (Å²) in [6.07, 6.45) is 2.90. The van der Waals surface area contributed by atoms with E-state index in [0.717, 1.165) is 5.56 Å². The van der Waals surface area contributed by atoms with Crippen LogP contribution in [-0.2, 0) is 16.1 Å². The zero-order valence-electron chi connectivity index (χ0n) is 19.0. The van der Waals surface area contributed by atoms with E-state index in [0.29, 0.717) is 16.5 Å². The van der Waals surface area contributed by atoms with Gasteiger partial charge in [-0.2, -0.15) is 5.10 Å². The molecule has 176 valence electrons. The van der Waals surface area contributed by atoms with Crippen LogP contribution >= 0.6 is 0 Å². The van der Waals surface area contributed by atoms with Crippen molar-refractivity contribution in [3.8, 4) is 5.75 Å². The van der Waals surface area contributed by atoms with Gasteiger partial charge in [0.25, 0.3) is 17.4 Å². The molecular formula is C24H25N5O5. The maximum Gasteiger partial charge on any atom is 0.290 e. The Kier molecular flexibility index (Phi) is 7.75. The zero-order chi connectivity index (χ0) is 24.7. The third kappa shape index (κ3) is 5.66. The molecule has 0 aliphatic rings. The lowest BCUT2D eigenvalue weighted by molar-refractivity contribution is -0.127. The lowest BCUT2D eigenvalue weighted by Gasteiger charge is -2.14. The Hall–Kier alpha value is -4.47. The first kappa shape index (κ1) is 24.2. The molecule has 2 aromatic carbocycles. The number of nitrogens with one attached hydrogen (secondary N) is 3. The van der Waals surface area contributed by atoms with Gasteiger partial charge in [0, 0.05) is 18.0 Å². The molecule has 0 saturated heterocycles. The molecule has 1 heterocycles. The first-order valence-electron chi connectivity index (χ1n) is 10.6. The Labute approximate surface area is 195 Å². The van der Waals surface area contributed by atoms with Crippen LogP contribution in [0.2, 0.25) is 0 Å². The molecule has 0 saturated carbocycles. The largest absolute Gasteiger partial charge is 0.497 e. The van der Waals surface area contributed by atoms with Gasteiger partial charge in [-0.1, -0.05) is 30.3 Å². The molecule has 1 unspecified atom stereocenters. The van der Waals surface area contributed by atoms with Crippen molar-refractivity contribution in [3.05, 3.63) is 76.2 Å². The van der Waals surface area contributed by atoms with Crippen LogP contribution in [0.15, 0.2) is 59.4 Å². The summed E-state index contributed by atoms with van der Waals surface area (Å²) in [5, 5.41) is 7.34. The van der Waals surface area contributed by atoms with Gasteiger partial charge in [0.05, 0.1) is 12.5 Å². The van der Waals surface area contributed by atoms with Gasteiger partial charge < -0.3 is 10.1 Å². The molecule has 0 aliphatic heterocycles. The van der Waals surface area contributed by atoms with Crippen molar-refractivity contribution in [2.45, 2.75) is 26.4 Å². The summed E-state index contributed by atoms with van der Waals surface area (Å²) in [5.74, 6) is -1.10. The lowest BCUT2D eigenvalue weighted by atomic mass is 10.1. The Morgan fingerprint density at radius 1 is 1.06 bits per heavy atom. The van der Waals surface area contributed by atoms with Crippen molar-refractivity contribution >= 4 is 34.6 Å². The van der Waals surface area contributed by atoms with Crippen LogP contribution in [0.1, 0.15) is 29.9 Å². The molecule has 0 aliphatic carbocycles. The quantitative estimate of drug-likeness (QED) is 0.359. The van der Waals surface area contributed by atoms with Crippen LogP contribution in [0.5, 0.6) is 5.75 Å². The molecule has 1 atom stereocenters. The van der Waals surface area contributed by atoms with Crippen LogP contribution in [0.25, 0.3) is 16.8 Å². The van der Waals surface area contributed by atoms with Crippen LogP contribution in [0.4, 0.5) is 0 Å². The molecule has 34 heavy (non-hydrogen) atoms. The molecule has 0 spiro atoms. The van der Waals surface area contributed by atoms with Crippen molar-refractivity contribution in [2.24, 2.45) is 0 Å². The van der Waals surface area contributed by atoms with Gasteiger partial charge in [0.1, 0.15) is 11.8 Å². The van der Waals surface area contributed by atoms with Gasteiger partial charge in [-0.25, -0.2) is 4.68 Å². The normalized spacial score (nSPS) is 11.7. The van der Waals surface area contributed by atoms with Gasteiger partial charge in [-0.3, -0.25) is 30.0 Å². The van der Waals surface area contributed by atoms with Crippen molar-refractivity contribution in [1.82, 2.24) is 25.9 Å². The Bertz CT molecular complexity index is 1300. The average Bonchev–Trinajstić information content (AvgIpc) is 2.86. The minimum Gasteiger partial charge on any atom is -0.497 e. The summed E-state index contributed by atoms with van der Waals surface area (Å²) >= 11 is 0. The SMILES string of the molecule is CCn1nc(C(=O)NNC(=O)C(C)NC(=O)/C=C/c2ccc(OC)cc2)c2ccccc2c1=O. The number of hydrazine groups is 1. The van der Waals surface area contributed by atoms with E-state index in [2.05, 4.69) is 21.3 Å². The van der Waals surface area contributed by atoms with Crippen LogP contribution < -0.4 is 26.5 Å².